The zero-order chi connectivity index (χ0) is 7.40. The lowest BCUT2D eigenvalue weighted by Crippen LogP contribution is -2.22. The first-order chi connectivity index (χ1) is 4.79. The highest BCUT2D eigenvalue weighted by Crippen LogP contribution is 2.09. The van der Waals surface area contributed by atoms with Crippen molar-refractivity contribution in [1.29, 1.82) is 0 Å². The average molecular weight is 155 g/mol. The zero-order valence-corrected chi connectivity index (χ0v) is 6.19. The summed E-state index contributed by atoms with van der Waals surface area (Å²) in [4.78, 5) is 11.1. The summed E-state index contributed by atoms with van der Waals surface area (Å²) >= 11 is 1.57. The SMILES string of the molecule is O=C([O-])CCc1cccs1. The van der Waals surface area contributed by atoms with Crippen molar-refractivity contribution in [3.05, 3.63) is 22.4 Å². The van der Waals surface area contributed by atoms with E-state index in [9.17, 15) is 9.90 Å². The first-order valence-corrected chi connectivity index (χ1v) is 3.89. The molecule has 0 saturated heterocycles. The van der Waals surface area contributed by atoms with E-state index in [-0.39, 0.29) is 6.42 Å². The molecule has 0 unspecified atom stereocenters. The summed E-state index contributed by atoms with van der Waals surface area (Å²) < 4.78 is 0. The monoisotopic (exact) mass is 155 g/mol. The number of rotatable bonds is 3. The van der Waals surface area contributed by atoms with Gasteiger partial charge in [0.15, 0.2) is 0 Å². The second-order valence-electron chi connectivity index (χ2n) is 1.95. The Morgan fingerprint density at radius 3 is 3.00 bits per heavy atom. The molecule has 10 heavy (non-hydrogen) atoms. The van der Waals surface area contributed by atoms with Crippen LogP contribution < -0.4 is 5.11 Å². The third-order valence-electron chi connectivity index (χ3n) is 1.16. The molecule has 1 aromatic heterocycles. The highest BCUT2D eigenvalue weighted by atomic mass is 32.1. The number of carboxylic acids is 1. The van der Waals surface area contributed by atoms with E-state index in [4.69, 9.17) is 0 Å². The molecule has 1 aromatic rings. The second-order valence-corrected chi connectivity index (χ2v) is 2.98. The molecule has 0 atom stereocenters. The molecule has 2 nitrogen and oxygen atoms in total. The van der Waals surface area contributed by atoms with Gasteiger partial charge in [0.05, 0.1) is 0 Å². The van der Waals surface area contributed by atoms with E-state index in [0.717, 1.165) is 4.88 Å². The fourth-order valence-corrected chi connectivity index (χ4v) is 1.39. The zero-order valence-electron chi connectivity index (χ0n) is 5.37. The van der Waals surface area contributed by atoms with E-state index >= 15 is 0 Å². The third-order valence-corrected chi connectivity index (χ3v) is 2.09. The number of aryl methyl sites for hydroxylation is 1. The summed E-state index contributed by atoms with van der Waals surface area (Å²) in [5, 5.41) is 11.9. The topological polar surface area (TPSA) is 40.1 Å². The Hall–Kier alpha value is -0.830. The number of thiophene rings is 1. The number of hydrogen-bond acceptors (Lipinski definition) is 3. The standard InChI is InChI=1S/C7H8O2S/c8-7(9)4-3-6-2-1-5-10-6/h1-2,5H,3-4H2,(H,8,9)/p-1. The lowest BCUT2D eigenvalue weighted by molar-refractivity contribution is -0.305. The first-order valence-electron chi connectivity index (χ1n) is 3.01. The largest absolute Gasteiger partial charge is 0.550 e. The number of hydrogen-bond donors (Lipinski definition) is 0. The predicted molar refractivity (Wildman–Crippen MR) is 37.6 cm³/mol. The van der Waals surface area contributed by atoms with E-state index in [1.807, 2.05) is 17.5 Å². The minimum absolute atomic E-state index is 0.126. The van der Waals surface area contributed by atoms with Crippen LogP contribution in [-0.2, 0) is 11.2 Å². The van der Waals surface area contributed by atoms with E-state index in [2.05, 4.69) is 0 Å². The average Bonchev–Trinajstić information content (AvgIpc) is 2.34. The molecule has 0 aliphatic heterocycles. The Bertz CT molecular complexity index is 203. The molecule has 3 heteroatoms. The quantitative estimate of drug-likeness (QED) is 0.635. The van der Waals surface area contributed by atoms with Crippen molar-refractivity contribution in [2.24, 2.45) is 0 Å². The first kappa shape index (κ1) is 7.28. The molecule has 0 aliphatic rings. The molecular formula is C7H7O2S-. The minimum Gasteiger partial charge on any atom is -0.550 e. The van der Waals surface area contributed by atoms with Gasteiger partial charge >= 0.3 is 0 Å². The molecular weight excluding hydrogens is 148 g/mol. The molecule has 0 fully saturated rings. The van der Waals surface area contributed by atoms with Crippen LogP contribution in [0.1, 0.15) is 11.3 Å². The molecule has 0 amide bonds. The van der Waals surface area contributed by atoms with Gasteiger partial charge in [-0.3, -0.25) is 0 Å². The van der Waals surface area contributed by atoms with E-state index in [1.165, 1.54) is 0 Å². The van der Waals surface area contributed by atoms with E-state index < -0.39 is 5.97 Å². The Kier molecular flexibility index (Phi) is 2.45. The summed E-state index contributed by atoms with van der Waals surface area (Å²) in [7, 11) is 0. The number of aliphatic carboxylic acids is 1. The summed E-state index contributed by atoms with van der Waals surface area (Å²) in [5.41, 5.74) is 0. The van der Waals surface area contributed by atoms with Crippen molar-refractivity contribution in [1.82, 2.24) is 0 Å². The number of carboxylic acid groups (broad SMARTS) is 1. The molecule has 1 rings (SSSR count). The van der Waals surface area contributed by atoms with Crippen LogP contribution in [0.3, 0.4) is 0 Å². The normalized spacial score (nSPS) is 9.60. The van der Waals surface area contributed by atoms with Gasteiger partial charge in [-0.2, -0.15) is 0 Å². The van der Waals surface area contributed by atoms with Gasteiger partial charge in [0.2, 0.25) is 0 Å². The molecule has 54 valence electrons. The number of carbonyl (C=O) groups is 1. The van der Waals surface area contributed by atoms with Crippen molar-refractivity contribution >= 4 is 17.3 Å². The Morgan fingerprint density at radius 2 is 2.50 bits per heavy atom. The van der Waals surface area contributed by atoms with Crippen LogP contribution >= 0.6 is 11.3 Å². The van der Waals surface area contributed by atoms with Gasteiger partial charge in [0, 0.05) is 10.8 Å². The van der Waals surface area contributed by atoms with Crippen LogP contribution in [0.2, 0.25) is 0 Å². The third kappa shape index (κ3) is 2.19. The molecule has 0 saturated carbocycles. The Morgan fingerprint density at radius 1 is 1.70 bits per heavy atom. The molecule has 0 N–H and O–H groups in total. The summed E-state index contributed by atoms with van der Waals surface area (Å²) in [6.45, 7) is 0. The van der Waals surface area contributed by atoms with Crippen molar-refractivity contribution in [2.75, 3.05) is 0 Å². The van der Waals surface area contributed by atoms with Crippen LogP contribution in [0.4, 0.5) is 0 Å². The van der Waals surface area contributed by atoms with Gasteiger partial charge in [-0.25, -0.2) is 0 Å². The number of carbonyl (C=O) groups excluding carboxylic acids is 1. The lowest BCUT2D eigenvalue weighted by atomic mass is 10.3. The smallest absolute Gasteiger partial charge is 0.0417 e. The van der Waals surface area contributed by atoms with Crippen molar-refractivity contribution in [3.8, 4) is 0 Å². The molecule has 0 aliphatic carbocycles. The summed E-state index contributed by atoms with van der Waals surface area (Å²) in [5.74, 6) is -0.978. The molecule has 0 spiro atoms. The molecule has 1 heterocycles. The summed E-state index contributed by atoms with van der Waals surface area (Å²) in [6, 6.07) is 3.84. The Labute approximate surface area is 63.1 Å². The van der Waals surface area contributed by atoms with Gasteiger partial charge in [0.25, 0.3) is 0 Å². The molecule has 0 aromatic carbocycles. The van der Waals surface area contributed by atoms with Crippen molar-refractivity contribution in [3.63, 3.8) is 0 Å². The second kappa shape index (κ2) is 3.37. The maximum atomic E-state index is 9.99. The van der Waals surface area contributed by atoms with Crippen molar-refractivity contribution < 1.29 is 9.90 Å². The maximum Gasteiger partial charge on any atom is 0.0417 e. The fraction of sp³-hybridized carbons (Fsp3) is 0.286. The van der Waals surface area contributed by atoms with Gasteiger partial charge in [-0.15, -0.1) is 11.3 Å². The highest BCUT2D eigenvalue weighted by Gasteiger charge is 1.92. The van der Waals surface area contributed by atoms with Crippen LogP contribution in [0, 0.1) is 0 Å². The minimum atomic E-state index is -0.978. The maximum absolute atomic E-state index is 9.99. The summed E-state index contributed by atoms with van der Waals surface area (Å²) in [6.07, 6.45) is 0.723. The van der Waals surface area contributed by atoms with Gasteiger partial charge in [-0.05, 0) is 24.3 Å². The highest BCUT2D eigenvalue weighted by molar-refractivity contribution is 7.09. The van der Waals surface area contributed by atoms with Crippen LogP contribution in [0.25, 0.3) is 0 Å². The predicted octanol–water partition coefficient (Wildman–Crippen LogP) is 0.431. The van der Waals surface area contributed by atoms with E-state index in [0.29, 0.717) is 6.42 Å². The Balaban J connectivity index is 2.35. The van der Waals surface area contributed by atoms with Gasteiger partial charge in [-0.1, -0.05) is 6.07 Å². The fourth-order valence-electron chi connectivity index (χ4n) is 0.680. The van der Waals surface area contributed by atoms with E-state index in [1.54, 1.807) is 11.3 Å². The lowest BCUT2D eigenvalue weighted by Gasteiger charge is -1.97. The van der Waals surface area contributed by atoms with Crippen LogP contribution in [0.15, 0.2) is 17.5 Å². The van der Waals surface area contributed by atoms with Crippen LogP contribution in [0.5, 0.6) is 0 Å². The van der Waals surface area contributed by atoms with Crippen LogP contribution in [-0.4, -0.2) is 5.97 Å². The molecule has 0 radical (unpaired) electrons. The van der Waals surface area contributed by atoms with Gasteiger partial charge < -0.3 is 9.90 Å². The molecule has 0 bridgehead atoms. The van der Waals surface area contributed by atoms with Crippen molar-refractivity contribution in [2.45, 2.75) is 12.8 Å². The van der Waals surface area contributed by atoms with Gasteiger partial charge in [0.1, 0.15) is 0 Å².